The minimum absolute atomic E-state index is 0.0228. The quantitative estimate of drug-likeness (QED) is 0.840. The predicted octanol–water partition coefficient (Wildman–Crippen LogP) is 2.47. The smallest absolute Gasteiger partial charge is 0.0780 e. The van der Waals surface area contributed by atoms with Gasteiger partial charge in [-0.15, -0.1) is 0 Å². The Morgan fingerprint density at radius 1 is 1.29 bits per heavy atom. The van der Waals surface area contributed by atoms with Crippen molar-refractivity contribution < 1.29 is 5.11 Å². The van der Waals surface area contributed by atoms with Gasteiger partial charge in [0.1, 0.15) is 0 Å². The Balaban J connectivity index is 2.11. The molecule has 1 fully saturated rings. The molecule has 2 rings (SSSR count). The summed E-state index contributed by atoms with van der Waals surface area (Å²) in [5.41, 5.74) is 0.783. The first-order chi connectivity index (χ1) is 8.02. The van der Waals surface area contributed by atoms with Crippen LogP contribution in [-0.2, 0) is 5.41 Å². The van der Waals surface area contributed by atoms with Gasteiger partial charge in [0.15, 0.2) is 0 Å². The molecule has 1 aliphatic heterocycles. The van der Waals surface area contributed by atoms with Crippen LogP contribution in [-0.4, -0.2) is 23.8 Å². The highest BCUT2D eigenvalue weighted by Gasteiger charge is 2.36. The number of piperidine rings is 1. The van der Waals surface area contributed by atoms with Crippen LogP contribution >= 0.6 is 0 Å². The summed E-state index contributed by atoms with van der Waals surface area (Å²) in [5.74, 6) is 0. The first kappa shape index (κ1) is 12.6. The van der Waals surface area contributed by atoms with E-state index < -0.39 is 5.60 Å². The molecule has 2 nitrogen and oxygen atoms in total. The number of nitrogens with one attached hydrogen (secondary N) is 1. The summed E-state index contributed by atoms with van der Waals surface area (Å²) in [6.45, 7) is 6.20. The van der Waals surface area contributed by atoms with Crippen LogP contribution in [0.25, 0.3) is 0 Å². The second kappa shape index (κ2) is 4.79. The molecule has 1 heterocycles. The fraction of sp³-hybridized carbons (Fsp3) is 0.600. The van der Waals surface area contributed by atoms with E-state index in [-0.39, 0.29) is 5.41 Å². The Kier molecular flexibility index (Phi) is 3.55. The van der Waals surface area contributed by atoms with E-state index in [2.05, 4.69) is 43.4 Å². The van der Waals surface area contributed by atoms with Crippen LogP contribution in [0.5, 0.6) is 0 Å². The van der Waals surface area contributed by atoms with Crippen LogP contribution in [0.3, 0.4) is 0 Å². The SMILES string of the molecule is CC(C)(CC1(O)CCCNC1)c1ccccc1. The van der Waals surface area contributed by atoms with Gasteiger partial charge in [0.2, 0.25) is 0 Å². The normalized spacial score (nSPS) is 25.8. The third-order valence-electron chi connectivity index (χ3n) is 3.78. The molecule has 0 aromatic heterocycles. The second-order valence-corrected chi connectivity index (χ2v) is 5.93. The molecule has 17 heavy (non-hydrogen) atoms. The summed E-state index contributed by atoms with van der Waals surface area (Å²) in [4.78, 5) is 0. The van der Waals surface area contributed by atoms with Gasteiger partial charge < -0.3 is 10.4 Å². The number of benzene rings is 1. The molecule has 1 aromatic carbocycles. The van der Waals surface area contributed by atoms with Crippen molar-refractivity contribution >= 4 is 0 Å². The molecule has 1 saturated heterocycles. The van der Waals surface area contributed by atoms with E-state index in [0.29, 0.717) is 0 Å². The average molecular weight is 233 g/mol. The van der Waals surface area contributed by atoms with E-state index in [0.717, 1.165) is 32.4 Å². The molecule has 0 amide bonds. The average Bonchev–Trinajstić information content (AvgIpc) is 2.30. The number of rotatable bonds is 3. The van der Waals surface area contributed by atoms with E-state index in [1.807, 2.05) is 6.07 Å². The lowest BCUT2D eigenvalue weighted by atomic mass is 9.73. The summed E-state index contributed by atoms with van der Waals surface area (Å²) >= 11 is 0. The third kappa shape index (κ3) is 3.08. The zero-order valence-corrected chi connectivity index (χ0v) is 10.9. The lowest BCUT2D eigenvalue weighted by Crippen LogP contribution is -2.48. The van der Waals surface area contributed by atoms with Crippen LogP contribution < -0.4 is 5.32 Å². The third-order valence-corrected chi connectivity index (χ3v) is 3.78. The molecule has 0 aliphatic carbocycles. The standard InChI is InChI=1S/C15H23NO/c1-14(2,13-7-4-3-5-8-13)11-15(17)9-6-10-16-12-15/h3-5,7-8,16-17H,6,9-12H2,1-2H3. The molecule has 1 atom stereocenters. The fourth-order valence-corrected chi connectivity index (χ4v) is 2.92. The first-order valence-corrected chi connectivity index (χ1v) is 6.51. The van der Waals surface area contributed by atoms with Gasteiger partial charge in [-0.05, 0) is 36.8 Å². The van der Waals surface area contributed by atoms with Crippen LogP contribution in [0.1, 0.15) is 38.7 Å². The minimum Gasteiger partial charge on any atom is -0.389 e. The summed E-state index contributed by atoms with van der Waals surface area (Å²) < 4.78 is 0. The van der Waals surface area contributed by atoms with Gasteiger partial charge in [-0.25, -0.2) is 0 Å². The van der Waals surface area contributed by atoms with Crippen molar-refractivity contribution in [3.8, 4) is 0 Å². The van der Waals surface area contributed by atoms with Gasteiger partial charge in [-0.3, -0.25) is 0 Å². The highest BCUT2D eigenvalue weighted by molar-refractivity contribution is 5.24. The molecular weight excluding hydrogens is 210 g/mol. The van der Waals surface area contributed by atoms with E-state index in [9.17, 15) is 5.11 Å². The molecule has 0 spiro atoms. The lowest BCUT2D eigenvalue weighted by molar-refractivity contribution is -0.00776. The Bertz CT molecular complexity index is 352. The van der Waals surface area contributed by atoms with Crippen LogP contribution in [0.15, 0.2) is 30.3 Å². The van der Waals surface area contributed by atoms with Crippen molar-refractivity contribution in [1.82, 2.24) is 5.32 Å². The molecule has 1 unspecified atom stereocenters. The van der Waals surface area contributed by atoms with Gasteiger partial charge >= 0.3 is 0 Å². The van der Waals surface area contributed by atoms with Crippen molar-refractivity contribution in [2.24, 2.45) is 0 Å². The van der Waals surface area contributed by atoms with Gasteiger partial charge in [0, 0.05) is 6.54 Å². The zero-order valence-electron chi connectivity index (χ0n) is 10.9. The van der Waals surface area contributed by atoms with Gasteiger partial charge in [0.25, 0.3) is 0 Å². The molecular formula is C15H23NO. The summed E-state index contributed by atoms with van der Waals surface area (Å²) in [6, 6.07) is 10.5. The fourth-order valence-electron chi connectivity index (χ4n) is 2.92. The van der Waals surface area contributed by atoms with Gasteiger partial charge in [-0.1, -0.05) is 44.2 Å². The summed E-state index contributed by atoms with van der Waals surface area (Å²) in [6.07, 6.45) is 2.80. The number of hydrogen-bond donors (Lipinski definition) is 2. The first-order valence-electron chi connectivity index (χ1n) is 6.51. The second-order valence-electron chi connectivity index (χ2n) is 5.93. The van der Waals surface area contributed by atoms with Crippen molar-refractivity contribution in [3.05, 3.63) is 35.9 Å². The van der Waals surface area contributed by atoms with E-state index in [1.165, 1.54) is 5.56 Å². The maximum absolute atomic E-state index is 10.6. The molecule has 2 heteroatoms. The number of aliphatic hydroxyl groups is 1. The van der Waals surface area contributed by atoms with Crippen molar-refractivity contribution in [2.45, 2.75) is 44.1 Å². The topological polar surface area (TPSA) is 32.3 Å². The Morgan fingerprint density at radius 3 is 2.59 bits per heavy atom. The van der Waals surface area contributed by atoms with E-state index in [1.54, 1.807) is 0 Å². The Morgan fingerprint density at radius 2 is 2.00 bits per heavy atom. The summed E-state index contributed by atoms with van der Waals surface area (Å²) in [5, 5.41) is 13.9. The molecule has 0 radical (unpaired) electrons. The molecule has 1 aromatic rings. The maximum Gasteiger partial charge on any atom is 0.0780 e. The highest BCUT2D eigenvalue weighted by atomic mass is 16.3. The Labute approximate surface area is 104 Å². The number of hydrogen-bond acceptors (Lipinski definition) is 2. The minimum atomic E-state index is -0.544. The van der Waals surface area contributed by atoms with Crippen molar-refractivity contribution in [3.63, 3.8) is 0 Å². The monoisotopic (exact) mass is 233 g/mol. The maximum atomic E-state index is 10.6. The lowest BCUT2D eigenvalue weighted by Gasteiger charge is -2.39. The van der Waals surface area contributed by atoms with E-state index >= 15 is 0 Å². The highest BCUT2D eigenvalue weighted by Crippen LogP contribution is 2.34. The molecule has 94 valence electrons. The van der Waals surface area contributed by atoms with Crippen LogP contribution in [0, 0.1) is 0 Å². The van der Waals surface area contributed by atoms with Crippen LogP contribution in [0.2, 0.25) is 0 Å². The van der Waals surface area contributed by atoms with Crippen LogP contribution in [0.4, 0.5) is 0 Å². The molecule has 1 aliphatic rings. The van der Waals surface area contributed by atoms with Crippen molar-refractivity contribution in [2.75, 3.05) is 13.1 Å². The van der Waals surface area contributed by atoms with Gasteiger partial charge in [-0.2, -0.15) is 0 Å². The molecule has 0 saturated carbocycles. The predicted molar refractivity (Wildman–Crippen MR) is 71.1 cm³/mol. The summed E-state index contributed by atoms with van der Waals surface area (Å²) in [7, 11) is 0. The zero-order chi connectivity index (χ0) is 12.4. The van der Waals surface area contributed by atoms with E-state index in [4.69, 9.17) is 0 Å². The largest absolute Gasteiger partial charge is 0.389 e. The molecule has 0 bridgehead atoms. The van der Waals surface area contributed by atoms with Gasteiger partial charge in [0.05, 0.1) is 5.60 Å². The molecule has 2 N–H and O–H groups in total. The number of β-amino-alcohol motifs (C(OH)–C–C–N with tert-alkyl or cyclic N) is 1. The Hall–Kier alpha value is -0.860. The van der Waals surface area contributed by atoms with Crippen molar-refractivity contribution in [1.29, 1.82) is 0 Å².